The summed E-state index contributed by atoms with van der Waals surface area (Å²) in [6, 6.07) is 5.46. The van der Waals surface area contributed by atoms with Crippen LogP contribution in [0.4, 0.5) is 11.4 Å². The Bertz CT molecular complexity index is 584. The first kappa shape index (κ1) is 17.3. The topological polar surface area (TPSA) is 58.6 Å². The van der Waals surface area contributed by atoms with Crippen molar-refractivity contribution in [2.75, 3.05) is 16.8 Å². The zero-order valence-electron chi connectivity index (χ0n) is 14.4. The van der Waals surface area contributed by atoms with Gasteiger partial charge in [-0.05, 0) is 31.5 Å². The molecule has 0 aliphatic carbocycles. The average Bonchev–Trinajstić information content (AvgIpc) is 2.51. The number of carbonyl (C=O) groups is 2. The maximum Gasteiger partial charge on any atom is 0.267 e. The van der Waals surface area contributed by atoms with Gasteiger partial charge in [-0.3, -0.25) is 9.59 Å². The third-order valence-corrected chi connectivity index (χ3v) is 3.94. The van der Waals surface area contributed by atoms with Crippen LogP contribution in [-0.4, -0.2) is 24.5 Å². The van der Waals surface area contributed by atoms with E-state index in [4.69, 9.17) is 4.74 Å². The summed E-state index contributed by atoms with van der Waals surface area (Å²) >= 11 is 0. The summed E-state index contributed by atoms with van der Waals surface area (Å²) in [4.78, 5) is 26.1. The highest BCUT2D eigenvalue weighted by molar-refractivity contribution is 6.01. The first-order valence-corrected chi connectivity index (χ1v) is 8.37. The Morgan fingerprint density at radius 2 is 2.09 bits per heavy atom. The summed E-state index contributed by atoms with van der Waals surface area (Å²) in [6.45, 7) is 8.27. The van der Waals surface area contributed by atoms with Gasteiger partial charge in [0.1, 0.15) is 5.75 Å². The van der Waals surface area contributed by atoms with E-state index in [1.807, 2.05) is 32.0 Å². The van der Waals surface area contributed by atoms with Crippen molar-refractivity contribution < 1.29 is 14.3 Å². The van der Waals surface area contributed by atoms with E-state index in [1.54, 1.807) is 11.8 Å². The van der Waals surface area contributed by atoms with Crippen LogP contribution in [0.15, 0.2) is 18.2 Å². The van der Waals surface area contributed by atoms with Crippen molar-refractivity contribution in [2.45, 2.75) is 53.1 Å². The number of nitrogens with one attached hydrogen (secondary N) is 1. The molecule has 2 amide bonds. The second kappa shape index (κ2) is 7.49. The number of hydrogen-bond acceptors (Lipinski definition) is 3. The second-order valence-corrected chi connectivity index (χ2v) is 6.28. The lowest BCUT2D eigenvalue weighted by atomic mass is 10.1. The maximum atomic E-state index is 12.4. The van der Waals surface area contributed by atoms with Gasteiger partial charge in [0.25, 0.3) is 5.91 Å². The van der Waals surface area contributed by atoms with E-state index in [0.29, 0.717) is 18.0 Å². The fourth-order valence-corrected chi connectivity index (χ4v) is 2.52. The van der Waals surface area contributed by atoms with Crippen molar-refractivity contribution in [1.82, 2.24) is 0 Å². The quantitative estimate of drug-likeness (QED) is 0.816. The van der Waals surface area contributed by atoms with Crippen LogP contribution in [0.2, 0.25) is 0 Å². The lowest BCUT2D eigenvalue weighted by Gasteiger charge is -2.33. The van der Waals surface area contributed by atoms with Gasteiger partial charge in [0.05, 0.1) is 5.69 Å². The molecule has 0 aromatic heterocycles. The molecular formula is C18H26N2O3. The molecule has 1 atom stereocenters. The standard InChI is InChI=1S/C18H26N2O3/c1-5-6-7-10-20-15-11-14(19-17(21)12(2)3)8-9-16(15)23-13(4)18(20)22/h8-9,11-13H,5-7,10H2,1-4H3,(H,19,21). The molecule has 5 heteroatoms. The van der Waals surface area contributed by atoms with E-state index in [1.165, 1.54) is 0 Å². The van der Waals surface area contributed by atoms with E-state index in [0.717, 1.165) is 24.9 Å². The predicted octanol–water partition coefficient (Wildman–Crippen LogP) is 3.59. The van der Waals surface area contributed by atoms with E-state index in [9.17, 15) is 9.59 Å². The highest BCUT2D eigenvalue weighted by atomic mass is 16.5. The minimum Gasteiger partial charge on any atom is -0.479 e. The highest BCUT2D eigenvalue weighted by Crippen LogP contribution is 2.36. The normalized spacial score (nSPS) is 17.0. The van der Waals surface area contributed by atoms with Crippen molar-refractivity contribution in [1.29, 1.82) is 0 Å². The van der Waals surface area contributed by atoms with Gasteiger partial charge in [0.15, 0.2) is 6.10 Å². The van der Waals surface area contributed by atoms with Crippen LogP contribution in [0.5, 0.6) is 5.75 Å². The molecule has 23 heavy (non-hydrogen) atoms. The number of unbranched alkanes of at least 4 members (excludes halogenated alkanes) is 2. The Balaban J connectivity index is 2.25. The molecule has 1 aliphatic heterocycles. The number of benzene rings is 1. The highest BCUT2D eigenvalue weighted by Gasteiger charge is 2.31. The first-order chi connectivity index (χ1) is 10.9. The lowest BCUT2D eigenvalue weighted by Crippen LogP contribution is -2.44. The van der Waals surface area contributed by atoms with Crippen LogP contribution >= 0.6 is 0 Å². The lowest BCUT2D eigenvalue weighted by molar-refractivity contribution is -0.125. The fourth-order valence-electron chi connectivity index (χ4n) is 2.52. The Hall–Kier alpha value is -2.04. The van der Waals surface area contributed by atoms with Gasteiger partial charge in [-0.1, -0.05) is 33.6 Å². The number of carbonyl (C=O) groups excluding carboxylic acids is 2. The van der Waals surface area contributed by atoms with Gasteiger partial charge < -0.3 is 15.0 Å². The van der Waals surface area contributed by atoms with Gasteiger partial charge >= 0.3 is 0 Å². The van der Waals surface area contributed by atoms with Crippen LogP contribution < -0.4 is 15.0 Å². The smallest absolute Gasteiger partial charge is 0.267 e. The summed E-state index contributed by atoms with van der Waals surface area (Å²) in [5.74, 6) is 0.528. The summed E-state index contributed by atoms with van der Waals surface area (Å²) in [7, 11) is 0. The summed E-state index contributed by atoms with van der Waals surface area (Å²) in [5, 5.41) is 2.87. The number of hydrogen-bond donors (Lipinski definition) is 1. The maximum absolute atomic E-state index is 12.4. The molecule has 0 bridgehead atoms. The van der Waals surface area contributed by atoms with Crippen molar-refractivity contribution in [2.24, 2.45) is 5.92 Å². The van der Waals surface area contributed by atoms with E-state index < -0.39 is 6.10 Å². The first-order valence-electron chi connectivity index (χ1n) is 8.37. The summed E-state index contributed by atoms with van der Waals surface area (Å²) in [5.41, 5.74) is 1.43. The van der Waals surface area contributed by atoms with Gasteiger partial charge in [0.2, 0.25) is 5.91 Å². The summed E-state index contributed by atoms with van der Waals surface area (Å²) in [6.07, 6.45) is 2.67. The molecule has 5 nitrogen and oxygen atoms in total. The summed E-state index contributed by atoms with van der Waals surface area (Å²) < 4.78 is 5.68. The van der Waals surface area contributed by atoms with Crippen molar-refractivity contribution in [3.05, 3.63) is 18.2 Å². The zero-order chi connectivity index (χ0) is 17.0. The molecular weight excluding hydrogens is 292 g/mol. The van der Waals surface area contributed by atoms with Crippen LogP contribution in [0.25, 0.3) is 0 Å². The van der Waals surface area contributed by atoms with Gasteiger partial charge in [-0.15, -0.1) is 0 Å². The Morgan fingerprint density at radius 3 is 2.74 bits per heavy atom. The molecule has 1 N–H and O–H groups in total. The number of anilines is 2. The van der Waals surface area contributed by atoms with Crippen molar-refractivity contribution >= 4 is 23.2 Å². The van der Waals surface area contributed by atoms with Crippen LogP contribution in [0.1, 0.15) is 47.0 Å². The van der Waals surface area contributed by atoms with Gasteiger partial charge in [0, 0.05) is 18.2 Å². The van der Waals surface area contributed by atoms with Crippen LogP contribution in [0, 0.1) is 5.92 Å². The fraction of sp³-hybridized carbons (Fsp3) is 0.556. The predicted molar refractivity (Wildman–Crippen MR) is 91.9 cm³/mol. The molecule has 1 unspecified atom stereocenters. The molecule has 0 spiro atoms. The Morgan fingerprint density at radius 1 is 1.35 bits per heavy atom. The van der Waals surface area contributed by atoms with Gasteiger partial charge in [-0.2, -0.15) is 0 Å². The molecule has 1 aromatic carbocycles. The number of amides is 2. The second-order valence-electron chi connectivity index (χ2n) is 6.28. The number of rotatable bonds is 6. The molecule has 0 radical (unpaired) electrons. The van der Waals surface area contributed by atoms with E-state index in [2.05, 4.69) is 12.2 Å². The van der Waals surface area contributed by atoms with E-state index in [-0.39, 0.29) is 17.7 Å². The average molecular weight is 318 g/mol. The Kier molecular flexibility index (Phi) is 5.64. The molecule has 0 fully saturated rings. The third-order valence-electron chi connectivity index (χ3n) is 3.94. The zero-order valence-corrected chi connectivity index (χ0v) is 14.4. The molecule has 0 saturated carbocycles. The minimum atomic E-state index is -0.472. The molecule has 1 aliphatic rings. The molecule has 1 aromatic rings. The number of ether oxygens (including phenoxy) is 1. The monoisotopic (exact) mass is 318 g/mol. The van der Waals surface area contributed by atoms with E-state index >= 15 is 0 Å². The van der Waals surface area contributed by atoms with Crippen LogP contribution in [-0.2, 0) is 9.59 Å². The molecule has 1 heterocycles. The molecule has 2 rings (SSSR count). The largest absolute Gasteiger partial charge is 0.479 e. The van der Waals surface area contributed by atoms with Crippen molar-refractivity contribution in [3.8, 4) is 5.75 Å². The van der Waals surface area contributed by atoms with Gasteiger partial charge in [-0.25, -0.2) is 0 Å². The molecule has 0 saturated heterocycles. The Labute approximate surface area is 138 Å². The molecule has 126 valence electrons. The number of nitrogens with zero attached hydrogens (tertiary/aromatic N) is 1. The number of fused-ring (bicyclic) bond motifs is 1. The minimum absolute atomic E-state index is 0.0269. The van der Waals surface area contributed by atoms with Crippen molar-refractivity contribution in [3.63, 3.8) is 0 Å². The SMILES string of the molecule is CCCCCN1C(=O)C(C)Oc2ccc(NC(=O)C(C)C)cc21. The third kappa shape index (κ3) is 4.03. The van der Waals surface area contributed by atoms with Crippen LogP contribution in [0.3, 0.4) is 0 Å².